The molecule has 0 saturated carbocycles. The molecule has 0 unspecified atom stereocenters. The molecule has 216 valence electrons. The van der Waals surface area contributed by atoms with Crippen molar-refractivity contribution in [3.63, 3.8) is 0 Å². The zero-order valence-corrected chi connectivity index (χ0v) is 21.6. The summed E-state index contributed by atoms with van der Waals surface area (Å²) >= 11 is 0. The number of halogens is 6. The van der Waals surface area contributed by atoms with Crippen molar-refractivity contribution in [3.05, 3.63) is 53.6 Å². The van der Waals surface area contributed by atoms with E-state index in [1.54, 1.807) is 10.9 Å². The van der Waals surface area contributed by atoms with Crippen molar-refractivity contribution in [1.29, 1.82) is 0 Å². The van der Waals surface area contributed by atoms with Crippen LogP contribution < -0.4 is 10.1 Å². The predicted molar refractivity (Wildman–Crippen MR) is 131 cm³/mol. The minimum absolute atomic E-state index is 0.0122. The van der Waals surface area contributed by atoms with Crippen molar-refractivity contribution in [3.8, 4) is 5.75 Å². The predicted octanol–water partition coefficient (Wildman–Crippen LogP) is 5.37. The molecule has 9 nitrogen and oxygen atoms in total. The maximum Gasteiger partial charge on any atom is 0.416 e. The van der Waals surface area contributed by atoms with E-state index in [2.05, 4.69) is 31.0 Å². The fraction of sp³-hybridized carbons (Fsp3) is 0.480. The number of benzene rings is 1. The van der Waals surface area contributed by atoms with Crippen LogP contribution in [0.3, 0.4) is 0 Å². The number of tetrazole rings is 1. The first-order valence-corrected chi connectivity index (χ1v) is 12.5. The number of aromatic amines is 1. The van der Waals surface area contributed by atoms with E-state index in [1.807, 2.05) is 13.8 Å². The van der Waals surface area contributed by atoms with Crippen molar-refractivity contribution in [2.75, 3.05) is 6.61 Å². The molecule has 1 aromatic carbocycles. The average Bonchev–Trinajstić information content (AvgIpc) is 3.57. The topological polar surface area (TPSA) is 111 Å². The first kappa shape index (κ1) is 29.1. The zero-order valence-electron chi connectivity index (χ0n) is 21.6. The fourth-order valence-corrected chi connectivity index (χ4v) is 4.45. The first-order valence-electron chi connectivity index (χ1n) is 12.5. The number of alkyl halides is 6. The number of hydrogen-bond acceptors (Lipinski definition) is 6. The van der Waals surface area contributed by atoms with Crippen molar-refractivity contribution in [1.82, 2.24) is 35.7 Å². The minimum Gasteiger partial charge on any atom is -0.494 e. The standard InChI is InChI=1S/C25H27F6N7O2/c1-15(2)38-12-10-19(35-38)18-14-23(25(29,30)31,32-22(39)20(18)21-33-36-37-34-21)16-6-8-17(9-7-16)40-13-5-3-4-11-24(26,27)28/h6-10,12,15H,3-5,11,13-14H2,1-2H3,(H,32,39)(H,33,34,36,37)/t23-/m0/s1. The molecule has 1 aliphatic heterocycles. The molecule has 0 radical (unpaired) electrons. The highest BCUT2D eigenvalue weighted by atomic mass is 19.4. The number of ether oxygens (including phenoxy) is 1. The summed E-state index contributed by atoms with van der Waals surface area (Å²) in [6, 6.07) is 6.53. The highest BCUT2D eigenvalue weighted by Gasteiger charge is 2.60. The molecule has 15 heteroatoms. The van der Waals surface area contributed by atoms with Crippen LogP contribution in [0.5, 0.6) is 5.75 Å². The quantitative estimate of drug-likeness (QED) is 0.250. The number of carbonyl (C=O) groups is 1. The lowest BCUT2D eigenvalue weighted by molar-refractivity contribution is -0.201. The van der Waals surface area contributed by atoms with Gasteiger partial charge in [-0.2, -0.15) is 31.4 Å². The van der Waals surface area contributed by atoms with Gasteiger partial charge in [-0.3, -0.25) is 9.48 Å². The Morgan fingerprint density at radius 2 is 1.77 bits per heavy atom. The van der Waals surface area contributed by atoms with Gasteiger partial charge in [-0.05, 0) is 72.9 Å². The van der Waals surface area contributed by atoms with Gasteiger partial charge in [0.25, 0.3) is 5.91 Å². The Morgan fingerprint density at radius 1 is 1.05 bits per heavy atom. The Kier molecular flexibility index (Phi) is 8.21. The van der Waals surface area contributed by atoms with E-state index >= 15 is 0 Å². The summed E-state index contributed by atoms with van der Waals surface area (Å²) in [5.41, 5.74) is -2.99. The summed E-state index contributed by atoms with van der Waals surface area (Å²) in [5.74, 6) is -0.879. The normalized spacial score (nSPS) is 18.4. The lowest BCUT2D eigenvalue weighted by Gasteiger charge is -2.41. The second kappa shape index (κ2) is 11.3. The maximum atomic E-state index is 14.8. The summed E-state index contributed by atoms with van der Waals surface area (Å²) in [6.07, 6.45) is -8.46. The van der Waals surface area contributed by atoms with Crippen LogP contribution >= 0.6 is 0 Å². The Bertz CT molecular complexity index is 1330. The van der Waals surface area contributed by atoms with Crippen molar-refractivity contribution in [2.24, 2.45) is 0 Å². The van der Waals surface area contributed by atoms with Gasteiger partial charge in [0.15, 0.2) is 11.4 Å². The molecular formula is C25H27F6N7O2. The average molecular weight is 572 g/mol. The highest BCUT2D eigenvalue weighted by molar-refractivity contribution is 6.27. The summed E-state index contributed by atoms with van der Waals surface area (Å²) in [7, 11) is 0. The number of amides is 1. The van der Waals surface area contributed by atoms with Crippen LogP contribution in [0.4, 0.5) is 26.3 Å². The molecule has 3 aromatic rings. The summed E-state index contributed by atoms with van der Waals surface area (Å²) in [4.78, 5) is 13.3. The number of nitrogens with zero attached hydrogens (tertiary/aromatic N) is 5. The molecule has 0 saturated heterocycles. The number of hydrogen-bond donors (Lipinski definition) is 2. The van der Waals surface area contributed by atoms with Crippen LogP contribution in [0.25, 0.3) is 11.1 Å². The van der Waals surface area contributed by atoms with Gasteiger partial charge >= 0.3 is 12.4 Å². The SMILES string of the molecule is CC(C)n1ccc(C2=C(c3nnn[nH]3)C(=O)N[C@@](c3ccc(OCCCCCC(F)(F)F)cc3)(C(F)(F)F)C2)n1. The Hall–Kier alpha value is -3.91. The molecule has 4 rings (SSSR count). The smallest absolute Gasteiger partial charge is 0.416 e. The van der Waals surface area contributed by atoms with Gasteiger partial charge in [0.2, 0.25) is 0 Å². The number of aromatic nitrogens is 6. The van der Waals surface area contributed by atoms with Crippen molar-refractivity contribution < 1.29 is 35.9 Å². The third kappa shape index (κ3) is 6.28. The van der Waals surface area contributed by atoms with E-state index in [-0.39, 0.29) is 53.0 Å². The zero-order chi connectivity index (χ0) is 29.1. The van der Waals surface area contributed by atoms with Gasteiger partial charge in [0.1, 0.15) is 5.75 Å². The Morgan fingerprint density at radius 3 is 2.35 bits per heavy atom. The molecule has 2 aromatic heterocycles. The number of nitrogens with one attached hydrogen (secondary N) is 2. The van der Waals surface area contributed by atoms with Crippen LogP contribution in [-0.2, 0) is 10.3 Å². The largest absolute Gasteiger partial charge is 0.494 e. The van der Waals surface area contributed by atoms with E-state index in [1.165, 1.54) is 30.3 Å². The van der Waals surface area contributed by atoms with Crippen LogP contribution in [0.1, 0.15) is 69.1 Å². The molecule has 40 heavy (non-hydrogen) atoms. The van der Waals surface area contributed by atoms with Crippen molar-refractivity contribution >= 4 is 17.1 Å². The minimum atomic E-state index is -4.92. The summed E-state index contributed by atoms with van der Waals surface area (Å²) in [5, 5.41) is 19.6. The van der Waals surface area contributed by atoms with E-state index in [9.17, 15) is 31.1 Å². The van der Waals surface area contributed by atoms with Crippen molar-refractivity contribution in [2.45, 2.75) is 69.9 Å². The third-order valence-corrected chi connectivity index (χ3v) is 6.53. The molecule has 1 atom stereocenters. The third-order valence-electron chi connectivity index (χ3n) is 6.53. The van der Waals surface area contributed by atoms with E-state index in [0.29, 0.717) is 12.8 Å². The lowest BCUT2D eigenvalue weighted by Crippen LogP contribution is -2.58. The van der Waals surface area contributed by atoms with Crippen LogP contribution in [-0.4, -0.2) is 55.3 Å². The Balaban J connectivity index is 1.61. The molecule has 1 amide bonds. The fourth-order valence-electron chi connectivity index (χ4n) is 4.45. The maximum absolute atomic E-state index is 14.8. The highest BCUT2D eigenvalue weighted by Crippen LogP contribution is 2.49. The number of carbonyl (C=O) groups excluding carboxylic acids is 1. The molecular weight excluding hydrogens is 544 g/mol. The number of H-pyrrole nitrogens is 1. The molecule has 2 N–H and O–H groups in total. The molecule has 0 spiro atoms. The van der Waals surface area contributed by atoms with Gasteiger partial charge in [-0.15, -0.1) is 5.10 Å². The molecule has 0 fully saturated rings. The molecule has 0 bridgehead atoms. The van der Waals surface area contributed by atoms with Crippen LogP contribution in [0.15, 0.2) is 36.5 Å². The summed E-state index contributed by atoms with van der Waals surface area (Å²) < 4.78 is 88.3. The molecule has 3 heterocycles. The summed E-state index contributed by atoms with van der Waals surface area (Å²) in [6.45, 7) is 3.82. The number of rotatable bonds is 10. The van der Waals surface area contributed by atoms with E-state index in [0.717, 1.165) is 0 Å². The molecule has 0 aliphatic carbocycles. The van der Waals surface area contributed by atoms with Gasteiger partial charge in [-0.1, -0.05) is 12.1 Å². The van der Waals surface area contributed by atoms with Gasteiger partial charge in [-0.25, -0.2) is 5.10 Å². The second-order valence-corrected chi connectivity index (χ2v) is 9.71. The van der Waals surface area contributed by atoms with Crippen LogP contribution in [0.2, 0.25) is 0 Å². The van der Waals surface area contributed by atoms with Gasteiger partial charge < -0.3 is 10.1 Å². The van der Waals surface area contributed by atoms with E-state index < -0.39 is 36.6 Å². The Labute approximate surface area is 225 Å². The van der Waals surface area contributed by atoms with Gasteiger partial charge in [0, 0.05) is 25.1 Å². The second-order valence-electron chi connectivity index (χ2n) is 9.71. The molecule has 1 aliphatic rings. The van der Waals surface area contributed by atoms with Gasteiger partial charge in [0.05, 0.1) is 17.9 Å². The lowest BCUT2D eigenvalue weighted by atomic mass is 9.77. The van der Waals surface area contributed by atoms with Crippen LogP contribution in [0, 0.1) is 0 Å². The van der Waals surface area contributed by atoms with E-state index in [4.69, 9.17) is 4.74 Å². The first-order chi connectivity index (χ1) is 18.8. The number of unbranched alkanes of at least 4 members (excludes halogenated alkanes) is 2. The monoisotopic (exact) mass is 571 g/mol.